The van der Waals surface area contributed by atoms with Crippen molar-refractivity contribution in [3.8, 4) is 0 Å². The van der Waals surface area contributed by atoms with Crippen molar-refractivity contribution in [1.29, 1.82) is 0 Å². The molecule has 1 aromatic carbocycles. The van der Waals surface area contributed by atoms with Gasteiger partial charge in [0.1, 0.15) is 0 Å². The maximum Gasteiger partial charge on any atom is 0.0762 e. The van der Waals surface area contributed by atoms with Gasteiger partial charge in [-0.05, 0) is 60.3 Å². The summed E-state index contributed by atoms with van der Waals surface area (Å²) in [6.07, 6.45) is 2.21. The number of aliphatic hydroxyl groups is 1. The number of benzene rings is 1. The molecule has 0 spiro atoms. The number of hydrogen-bond donors (Lipinski definition) is 1. The third-order valence-electron chi connectivity index (χ3n) is 3.09. The fraction of sp³-hybridized carbons (Fsp3) is 0.538. The largest absolute Gasteiger partial charge is 0.389 e. The molecule has 3 heteroatoms. The monoisotopic (exact) mass is 283 g/mol. The lowest BCUT2D eigenvalue weighted by atomic mass is 10.1. The summed E-state index contributed by atoms with van der Waals surface area (Å²) >= 11 is 3.60. The van der Waals surface area contributed by atoms with Crippen molar-refractivity contribution in [2.75, 3.05) is 11.4 Å². The first kappa shape index (κ1) is 11.9. The van der Waals surface area contributed by atoms with E-state index in [0.29, 0.717) is 0 Å². The Bertz CT molecular complexity index is 374. The van der Waals surface area contributed by atoms with E-state index < -0.39 is 6.10 Å². The Labute approximate surface area is 105 Å². The zero-order valence-corrected chi connectivity index (χ0v) is 11.4. The molecule has 0 saturated heterocycles. The first-order valence-corrected chi connectivity index (χ1v) is 6.67. The van der Waals surface area contributed by atoms with Crippen LogP contribution in [0.4, 0.5) is 5.69 Å². The summed E-state index contributed by atoms with van der Waals surface area (Å²) in [7, 11) is 0. The van der Waals surface area contributed by atoms with Crippen molar-refractivity contribution in [1.82, 2.24) is 0 Å². The highest BCUT2D eigenvalue weighted by atomic mass is 79.9. The van der Waals surface area contributed by atoms with Gasteiger partial charge in [-0.15, -0.1) is 0 Å². The number of aliphatic hydroxyl groups excluding tert-OH is 1. The Morgan fingerprint density at radius 1 is 1.50 bits per heavy atom. The second-order valence-electron chi connectivity index (χ2n) is 4.40. The molecule has 88 valence electrons. The van der Waals surface area contributed by atoms with E-state index in [2.05, 4.69) is 33.8 Å². The van der Waals surface area contributed by atoms with Crippen molar-refractivity contribution < 1.29 is 5.11 Å². The topological polar surface area (TPSA) is 23.5 Å². The number of halogens is 1. The van der Waals surface area contributed by atoms with Gasteiger partial charge in [0.25, 0.3) is 0 Å². The summed E-state index contributed by atoms with van der Waals surface area (Å²) in [5.74, 6) is 0. The molecule has 0 heterocycles. The average Bonchev–Trinajstić information content (AvgIpc) is 3.05. The van der Waals surface area contributed by atoms with Crippen LogP contribution in [-0.4, -0.2) is 17.7 Å². The van der Waals surface area contributed by atoms with Gasteiger partial charge in [0, 0.05) is 17.1 Å². The fourth-order valence-corrected chi connectivity index (χ4v) is 2.65. The zero-order valence-electron chi connectivity index (χ0n) is 9.78. The molecule has 1 atom stereocenters. The molecule has 1 fully saturated rings. The van der Waals surface area contributed by atoms with Crippen LogP contribution in [0.3, 0.4) is 0 Å². The molecule has 2 rings (SSSR count). The Kier molecular flexibility index (Phi) is 3.55. The summed E-state index contributed by atoms with van der Waals surface area (Å²) in [6.45, 7) is 5.02. The second-order valence-corrected chi connectivity index (χ2v) is 5.26. The van der Waals surface area contributed by atoms with Gasteiger partial charge in [-0.1, -0.05) is 6.07 Å². The van der Waals surface area contributed by atoms with E-state index in [9.17, 15) is 5.11 Å². The Morgan fingerprint density at radius 2 is 2.19 bits per heavy atom. The minimum Gasteiger partial charge on any atom is -0.389 e. The molecule has 0 radical (unpaired) electrons. The molecule has 0 aliphatic heterocycles. The molecular weight excluding hydrogens is 266 g/mol. The maximum atomic E-state index is 9.52. The minimum absolute atomic E-state index is 0.402. The lowest BCUT2D eigenvalue weighted by molar-refractivity contribution is 0.199. The zero-order chi connectivity index (χ0) is 11.7. The molecule has 1 aliphatic rings. The molecule has 1 saturated carbocycles. The summed E-state index contributed by atoms with van der Waals surface area (Å²) in [6, 6.07) is 6.85. The van der Waals surface area contributed by atoms with Crippen molar-refractivity contribution >= 4 is 21.6 Å². The van der Waals surface area contributed by atoms with E-state index in [1.807, 2.05) is 12.1 Å². The van der Waals surface area contributed by atoms with Crippen molar-refractivity contribution in [2.45, 2.75) is 38.8 Å². The molecule has 1 aliphatic carbocycles. The van der Waals surface area contributed by atoms with Crippen LogP contribution in [0.2, 0.25) is 0 Å². The van der Waals surface area contributed by atoms with Crippen LogP contribution >= 0.6 is 15.9 Å². The van der Waals surface area contributed by atoms with Crippen LogP contribution in [0.5, 0.6) is 0 Å². The minimum atomic E-state index is -0.402. The quantitative estimate of drug-likeness (QED) is 0.914. The van der Waals surface area contributed by atoms with Crippen LogP contribution in [0, 0.1) is 0 Å². The van der Waals surface area contributed by atoms with E-state index in [-0.39, 0.29) is 0 Å². The summed E-state index contributed by atoms with van der Waals surface area (Å²) in [4.78, 5) is 2.43. The lowest BCUT2D eigenvalue weighted by Gasteiger charge is -2.24. The molecule has 1 aromatic rings. The van der Waals surface area contributed by atoms with Gasteiger partial charge in [-0.2, -0.15) is 0 Å². The number of hydrogen-bond acceptors (Lipinski definition) is 2. The Morgan fingerprint density at radius 3 is 2.62 bits per heavy atom. The van der Waals surface area contributed by atoms with E-state index in [1.165, 1.54) is 18.5 Å². The Balaban J connectivity index is 2.27. The smallest absolute Gasteiger partial charge is 0.0762 e. The SMILES string of the molecule is CCN(c1ccc([C@@H](C)O)cc1Br)C1CC1. The van der Waals surface area contributed by atoms with Crippen LogP contribution in [-0.2, 0) is 0 Å². The van der Waals surface area contributed by atoms with Gasteiger partial charge >= 0.3 is 0 Å². The summed E-state index contributed by atoms with van der Waals surface area (Å²) in [5.41, 5.74) is 2.21. The number of anilines is 1. The van der Waals surface area contributed by atoms with Gasteiger partial charge in [-0.25, -0.2) is 0 Å². The van der Waals surface area contributed by atoms with Gasteiger partial charge in [0.15, 0.2) is 0 Å². The van der Waals surface area contributed by atoms with Crippen LogP contribution < -0.4 is 4.90 Å². The van der Waals surface area contributed by atoms with Crippen LogP contribution in [0.25, 0.3) is 0 Å². The molecule has 2 nitrogen and oxygen atoms in total. The predicted octanol–water partition coefficient (Wildman–Crippen LogP) is 3.49. The lowest BCUT2D eigenvalue weighted by Crippen LogP contribution is -2.25. The summed E-state index contributed by atoms with van der Waals surface area (Å²) < 4.78 is 1.08. The maximum absolute atomic E-state index is 9.52. The first-order valence-electron chi connectivity index (χ1n) is 5.87. The van der Waals surface area contributed by atoms with Gasteiger partial charge in [0.05, 0.1) is 11.8 Å². The van der Waals surface area contributed by atoms with E-state index in [1.54, 1.807) is 6.92 Å². The van der Waals surface area contributed by atoms with E-state index in [4.69, 9.17) is 0 Å². The molecule has 1 N–H and O–H groups in total. The van der Waals surface area contributed by atoms with Crippen molar-refractivity contribution in [3.05, 3.63) is 28.2 Å². The van der Waals surface area contributed by atoms with Crippen molar-refractivity contribution in [3.63, 3.8) is 0 Å². The summed E-state index contributed by atoms with van der Waals surface area (Å²) in [5, 5.41) is 9.52. The molecule has 16 heavy (non-hydrogen) atoms. The first-order chi connectivity index (χ1) is 7.63. The van der Waals surface area contributed by atoms with Crippen LogP contribution in [0.15, 0.2) is 22.7 Å². The van der Waals surface area contributed by atoms with Crippen LogP contribution in [0.1, 0.15) is 38.4 Å². The highest BCUT2D eigenvalue weighted by Crippen LogP contribution is 2.36. The number of nitrogens with zero attached hydrogens (tertiary/aromatic N) is 1. The average molecular weight is 284 g/mol. The fourth-order valence-electron chi connectivity index (χ4n) is 2.03. The van der Waals surface area contributed by atoms with Gasteiger partial charge < -0.3 is 10.0 Å². The van der Waals surface area contributed by atoms with Crippen molar-refractivity contribution in [2.24, 2.45) is 0 Å². The molecular formula is C13H18BrNO. The second kappa shape index (κ2) is 4.76. The van der Waals surface area contributed by atoms with Gasteiger partial charge in [-0.3, -0.25) is 0 Å². The Hall–Kier alpha value is -0.540. The number of rotatable bonds is 4. The standard InChI is InChI=1S/C13H18BrNO/c1-3-15(11-5-6-11)13-7-4-10(9(2)16)8-12(13)14/h4,7-9,11,16H,3,5-6H2,1-2H3/t9-/m1/s1. The molecule has 0 amide bonds. The van der Waals surface area contributed by atoms with E-state index >= 15 is 0 Å². The highest BCUT2D eigenvalue weighted by Gasteiger charge is 2.29. The van der Waals surface area contributed by atoms with E-state index in [0.717, 1.165) is 22.6 Å². The normalized spacial score (nSPS) is 17.2. The highest BCUT2D eigenvalue weighted by molar-refractivity contribution is 9.10. The predicted molar refractivity (Wildman–Crippen MR) is 70.8 cm³/mol. The van der Waals surface area contributed by atoms with Gasteiger partial charge in [0.2, 0.25) is 0 Å². The molecule has 0 bridgehead atoms. The molecule has 0 aromatic heterocycles. The third-order valence-corrected chi connectivity index (χ3v) is 3.73. The molecule has 0 unspecified atom stereocenters. The third kappa shape index (κ3) is 2.41.